The second-order valence-electron chi connectivity index (χ2n) is 4.53. The van der Waals surface area contributed by atoms with Gasteiger partial charge in [-0.3, -0.25) is 4.79 Å². The Morgan fingerprint density at radius 1 is 1.35 bits per heavy atom. The predicted octanol–water partition coefficient (Wildman–Crippen LogP) is 3.97. The van der Waals surface area contributed by atoms with E-state index in [-0.39, 0.29) is 17.9 Å². The molecule has 2 rings (SSSR count). The molecule has 1 saturated carbocycles. The molecule has 1 N–H and O–H groups in total. The minimum Gasteiger partial charge on any atom is -0.349 e. The quantitative estimate of drug-likeness (QED) is 0.886. The van der Waals surface area contributed by atoms with E-state index in [9.17, 15) is 4.79 Å². The molecular weight excluding hydrogens is 257 g/mol. The fourth-order valence-corrected chi connectivity index (χ4v) is 2.17. The fourth-order valence-electron chi connectivity index (χ4n) is 1.87. The molecular formula is C13H15Cl2NO. The minimum atomic E-state index is -0.0298. The maximum atomic E-state index is 11.8. The molecule has 1 aliphatic rings. The first-order valence-corrected chi connectivity index (χ1v) is 6.59. The Bertz CT molecular complexity index is 429. The first-order chi connectivity index (χ1) is 8.08. The van der Waals surface area contributed by atoms with Gasteiger partial charge in [0, 0.05) is 5.92 Å². The second kappa shape index (κ2) is 5.28. The van der Waals surface area contributed by atoms with Gasteiger partial charge in [0.1, 0.15) is 0 Å². The number of rotatable bonds is 3. The van der Waals surface area contributed by atoms with E-state index < -0.39 is 0 Å². The monoisotopic (exact) mass is 271 g/mol. The summed E-state index contributed by atoms with van der Waals surface area (Å²) in [5, 5.41) is 4.06. The summed E-state index contributed by atoms with van der Waals surface area (Å²) >= 11 is 11.8. The number of hydrogen-bond donors (Lipinski definition) is 1. The highest BCUT2D eigenvalue weighted by Crippen LogP contribution is 2.28. The van der Waals surface area contributed by atoms with Crippen LogP contribution < -0.4 is 5.32 Å². The summed E-state index contributed by atoms with van der Waals surface area (Å²) in [6, 6.07) is 5.42. The lowest BCUT2D eigenvalue weighted by Crippen LogP contribution is -2.35. The van der Waals surface area contributed by atoms with Gasteiger partial charge in [-0.15, -0.1) is 0 Å². The van der Waals surface area contributed by atoms with Gasteiger partial charge >= 0.3 is 0 Å². The summed E-state index contributed by atoms with van der Waals surface area (Å²) < 4.78 is 0. The van der Waals surface area contributed by atoms with E-state index in [2.05, 4.69) is 5.32 Å². The second-order valence-corrected chi connectivity index (χ2v) is 5.35. The summed E-state index contributed by atoms with van der Waals surface area (Å²) in [6.07, 6.45) is 3.19. The van der Waals surface area contributed by atoms with Crippen LogP contribution in [0, 0.1) is 5.92 Å². The molecule has 1 atom stereocenters. The van der Waals surface area contributed by atoms with Crippen LogP contribution >= 0.6 is 23.2 Å². The van der Waals surface area contributed by atoms with Gasteiger partial charge in [-0.1, -0.05) is 35.7 Å². The number of carbonyl (C=O) groups excluding carboxylic acids is 1. The molecule has 0 spiro atoms. The highest BCUT2D eigenvalue weighted by atomic mass is 35.5. The summed E-state index contributed by atoms with van der Waals surface area (Å²) in [4.78, 5) is 11.8. The first kappa shape index (κ1) is 12.7. The molecule has 0 unspecified atom stereocenters. The minimum absolute atomic E-state index is 0.0298. The predicted molar refractivity (Wildman–Crippen MR) is 70.4 cm³/mol. The molecule has 0 saturated heterocycles. The molecule has 1 amide bonds. The van der Waals surface area contributed by atoms with Crippen LogP contribution in [0.2, 0.25) is 10.0 Å². The van der Waals surface area contributed by atoms with Crippen molar-refractivity contribution in [3.63, 3.8) is 0 Å². The zero-order chi connectivity index (χ0) is 12.4. The van der Waals surface area contributed by atoms with Crippen LogP contribution in [0.1, 0.15) is 37.8 Å². The van der Waals surface area contributed by atoms with Crippen LogP contribution in [0.15, 0.2) is 18.2 Å². The van der Waals surface area contributed by atoms with Gasteiger partial charge in [0.25, 0.3) is 0 Å². The van der Waals surface area contributed by atoms with Crippen molar-refractivity contribution >= 4 is 29.1 Å². The fraction of sp³-hybridized carbons (Fsp3) is 0.462. The Hall–Kier alpha value is -0.730. The maximum absolute atomic E-state index is 11.8. The molecule has 1 aromatic carbocycles. The summed E-state index contributed by atoms with van der Waals surface area (Å²) in [7, 11) is 0. The van der Waals surface area contributed by atoms with E-state index in [1.807, 2.05) is 13.0 Å². The van der Waals surface area contributed by atoms with Crippen molar-refractivity contribution in [2.24, 2.45) is 5.92 Å². The van der Waals surface area contributed by atoms with E-state index in [1.165, 1.54) is 6.42 Å². The van der Waals surface area contributed by atoms with Crippen molar-refractivity contribution in [2.45, 2.75) is 32.2 Å². The van der Waals surface area contributed by atoms with Crippen LogP contribution in [0.5, 0.6) is 0 Å². The molecule has 0 bridgehead atoms. The third-order valence-corrected chi connectivity index (χ3v) is 4.02. The van der Waals surface area contributed by atoms with E-state index >= 15 is 0 Å². The third-order valence-electron chi connectivity index (χ3n) is 3.28. The highest BCUT2D eigenvalue weighted by Gasteiger charge is 2.26. The number of amides is 1. The first-order valence-electron chi connectivity index (χ1n) is 5.83. The van der Waals surface area contributed by atoms with E-state index in [0.29, 0.717) is 10.0 Å². The van der Waals surface area contributed by atoms with Crippen molar-refractivity contribution in [3.8, 4) is 0 Å². The van der Waals surface area contributed by atoms with E-state index in [1.54, 1.807) is 12.1 Å². The Labute approximate surface area is 111 Å². The summed E-state index contributed by atoms with van der Waals surface area (Å²) in [5.41, 5.74) is 0.979. The van der Waals surface area contributed by atoms with Gasteiger partial charge in [-0.2, -0.15) is 0 Å². The van der Waals surface area contributed by atoms with Crippen LogP contribution in [0.4, 0.5) is 0 Å². The van der Waals surface area contributed by atoms with Crippen LogP contribution in [0.3, 0.4) is 0 Å². The van der Waals surface area contributed by atoms with Crippen molar-refractivity contribution in [3.05, 3.63) is 33.8 Å². The SMILES string of the molecule is C[C@H](NC(=O)C1CCC1)c1ccc(Cl)c(Cl)c1. The van der Waals surface area contributed by atoms with Crippen molar-refractivity contribution < 1.29 is 4.79 Å². The van der Waals surface area contributed by atoms with Gasteiger partial charge < -0.3 is 5.32 Å². The average molecular weight is 272 g/mol. The molecule has 1 fully saturated rings. The Morgan fingerprint density at radius 2 is 2.06 bits per heavy atom. The van der Waals surface area contributed by atoms with E-state index in [0.717, 1.165) is 18.4 Å². The largest absolute Gasteiger partial charge is 0.349 e. The molecule has 1 aromatic rings. The smallest absolute Gasteiger partial charge is 0.223 e. The maximum Gasteiger partial charge on any atom is 0.223 e. The van der Waals surface area contributed by atoms with Gasteiger partial charge in [0.2, 0.25) is 5.91 Å². The van der Waals surface area contributed by atoms with Gasteiger partial charge in [-0.25, -0.2) is 0 Å². The van der Waals surface area contributed by atoms with Gasteiger partial charge in [-0.05, 0) is 37.5 Å². The van der Waals surface area contributed by atoms with Crippen LogP contribution in [0.25, 0.3) is 0 Å². The zero-order valence-electron chi connectivity index (χ0n) is 9.67. The molecule has 0 aromatic heterocycles. The van der Waals surface area contributed by atoms with Crippen LogP contribution in [-0.4, -0.2) is 5.91 Å². The van der Waals surface area contributed by atoms with E-state index in [4.69, 9.17) is 23.2 Å². The molecule has 1 aliphatic carbocycles. The normalized spacial score (nSPS) is 17.4. The van der Waals surface area contributed by atoms with Crippen molar-refractivity contribution in [1.29, 1.82) is 0 Å². The molecule has 2 nitrogen and oxygen atoms in total. The lowest BCUT2D eigenvalue weighted by Gasteiger charge is -2.26. The summed E-state index contributed by atoms with van der Waals surface area (Å²) in [6.45, 7) is 1.95. The molecule has 17 heavy (non-hydrogen) atoms. The topological polar surface area (TPSA) is 29.1 Å². The number of benzene rings is 1. The Morgan fingerprint density at radius 3 is 2.59 bits per heavy atom. The average Bonchev–Trinajstić information content (AvgIpc) is 2.19. The number of nitrogens with one attached hydrogen (secondary N) is 1. The molecule has 0 radical (unpaired) electrons. The third kappa shape index (κ3) is 2.93. The lowest BCUT2D eigenvalue weighted by molar-refractivity contribution is -0.128. The molecule has 92 valence electrons. The number of halogens is 2. The standard InChI is InChI=1S/C13H15Cl2NO/c1-8(16-13(17)9-3-2-4-9)10-5-6-11(14)12(15)7-10/h5-9H,2-4H2,1H3,(H,16,17)/t8-/m0/s1. The van der Waals surface area contributed by atoms with Gasteiger partial charge in [0.05, 0.1) is 16.1 Å². The molecule has 0 heterocycles. The Balaban J connectivity index is 2.00. The Kier molecular flexibility index (Phi) is 3.95. The lowest BCUT2D eigenvalue weighted by atomic mass is 9.84. The number of hydrogen-bond acceptors (Lipinski definition) is 1. The summed E-state index contributed by atoms with van der Waals surface area (Å²) in [5.74, 6) is 0.357. The number of carbonyl (C=O) groups is 1. The molecule has 4 heteroatoms. The zero-order valence-corrected chi connectivity index (χ0v) is 11.2. The van der Waals surface area contributed by atoms with Gasteiger partial charge in [0.15, 0.2) is 0 Å². The highest BCUT2D eigenvalue weighted by molar-refractivity contribution is 6.42. The van der Waals surface area contributed by atoms with Crippen LogP contribution in [-0.2, 0) is 4.79 Å². The van der Waals surface area contributed by atoms with Crippen molar-refractivity contribution in [2.75, 3.05) is 0 Å². The molecule has 0 aliphatic heterocycles. The van der Waals surface area contributed by atoms with Crippen molar-refractivity contribution in [1.82, 2.24) is 5.32 Å².